The van der Waals surface area contributed by atoms with E-state index in [9.17, 15) is 9.59 Å². The van der Waals surface area contributed by atoms with Gasteiger partial charge in [0, 0.05) is 46.5 Å². The molecule has 2 unspecified atom stereocenters. The van der Waals surface area contributed by atoms with E-state index in [0.717, 1.165) is 6.54 Å². The van der Waals surface area contributed by atoms with E-state index in [4.69, 9.17) is 23.2 Å². The molecule has 1 aliphatic heterocycles. The molecule has 0 aliphatic carbocycles. The predicted molar refractivity (Wildman–Crippen MR) is 121 cm³/mol. The van der Waals surface area contributed by atoms with Crippen molar-refractivity contribution < 1.29 is 9.59 Å². The maximum atomic E-state index is 12.7. The fraction of sp³-hybridized carbons (Fsp3) is 0.333. The highest BCUT2D eigenvalue weighted by Crippen LogP contribution is 2.39. The summed E-state index contributed by atoms with van der Waals surface area (Å²) in [5.74, 6) is -0.145. The van der Waals surface area contributed by atoms with E-state index in [-0.39, 0.29) is 11.9 Å². The summed E-state index contributed by atoms with van der Waals surface area (Å²) < 4.78 is 0. The van der Waals surface area contributed by atoms with Crippen LogP contribution in [0.15, 0.2) is 42.5 Å². The second-order valence-electron chi connectivity index (χ2n) is 7.39. The minimum Gasteiger partial charge on any atom is -0.373 e. The molecule has 0 bridgehead atoms. The molecule has 1 aliphatic rings. The van der Waals surface area contributed by atoms with E-state index in [1.54, 1.807) is 24.3 Å². The van der Waals surface area contributed by atoms with Crippen LogP contribution in [0.4, 0.5) is 16.2 Å². The van der Waals surface area contributed by atoms with Gasteiger partial charge in [-0.25, -0.2) is 4.79 Å². The van der Waals surface area contributed by atoms with E-state index in [2.05, 4.69) is 21.3 Å². The average Bonchev–Trinajstić information content (AvgIpc) is 2.67. The molecule has 0 spiro atoms. The quantitative estimate of drug-likeness (QED) is 0.541. The normalized spacial score (nSPS) is 17.6. The van der Waals surface area contributed by atoms with Crippen molar-refractivity contribution in [3.63, 3.8) is 0 Å². The third-order valence-corrected chi connectivity index (χ3v) is 5.29. The lowest BCUT2D eigenvalue weighted by Crippen LogP contribution is -2.47. The number of benzene rings is 2. The first kappa shape index (κ1) is 22.2. The van der Waals surface area contributed by atoms with Gasteiger partial charge in [-0.2, -0.15) is 0 Å². The number of hydrogen-bond donors (Lipinski definition) is 4. The minimum absolute atomic E-state index is 0.145. The van der Waals surface area contributed by atoms with Crippen LogP contribution < -0.4 is 21.3 Å². The van der Waals surface area contributed by atoms with Gasteiger partial charge in [0.1, 0.15) is 6.04 Å². The summed E-state index contributed by atoms with van der Waals surface area (Å²) in [6.45, 7) is 1.26. The summed E-state index contributed by atoms with van der Waals surface area (Å²) in [6, 6.07) is 11.1. The molecule has 3 rings (SSSR count). The van der Waals surface area contributed by atoms with Gasteiger partial charge in [-0.3, -0.25) is 4.79 Å². The van der Waals surface area contributed by atoms with Crippen molar-refractivity contribution in [1.82, 2.24) is 15.5 Å². The Morgan fingerprint density at radius 2 is 1.90 bits per heavy atom. The molecule has 9 heteroatoms. The molecule has 3 amide bonds. The molecule has 160 valence electrons. The number of amides is 3. The maximum Gasteiger partial charge on any atom is 0.319 e. The lowest BCUT2D eigenvalue weighted by Gasteiger charge is -2.33. The van der Waals surface area contributed by atoms with Crippen LogP contribution in [-0.2, 0) is 4.79 Å². The average molecular weight is 450 g/mol. The van der Waals surface area contributed by atoms with Gasteiger partial charge in [0.2, 0.25) is 5.91 Å². The number of urea groups is 1. The molecule has 1 heterocycles. The van der Waals surface area contributed by atoms with Gasteiger partial charge >= 0.3 is 6.03 Å². The van der Waals surface area contributed by atoms with Gasteiger partial charge in [0.15, 0.2) is 0 Å². The Hall–Kier alpha value is -2.48. The van der Waals surface area contributed by atoms with Crippen molar-refractivity contribution in [3.05, 3.63) is 58.1 Å². The van der Waals surface area contributed by atoms with Gasteiger partial charge in [0.05, 0.1) is 6.04 Å². The number of likely N-dealkylation sites (N-methyl/N-ethyl adjacent to an activating group) is 1. The van der Waals surface area contributed by atoms with Crippen molar-refractivity contribution in [2.45, 2.75) is 18.5 Å². The second-order valence-corrected chi connectivity index (χ2v) is 8.24. The first-order chi connectivity index (χ1) is 14.3. The lowest BCUT2D eigenvalue weighted by atomic mass is 9.92. The number of halogens is 2. The van der Waals surface area contributed by atoms with Crippen LogP contribution in [0.25, 0.3) is 0 Å². The van der Waals surface area contributed by atoms with Crippen molar-refractivity contribution in [2.24, 2.45) is 0 Å². The molecular weight excluding hydrogens is 425 g/mol. The number of carbonyl (C=O) groups is 2. The molecule has 2 aromatic rings. The summed E-state index contributed by atoms with van der Waals surface area (Å²) in [5, 5.41) is 12.7. The van der Waals surface area contributed by atoms with E-state index >= 15 is 0 Å². The summed E-state index contributed by atoms with van der Waals surface area (Å²) in [6.07, 6.45) is 0.352. The lowest BCUT2D eigenvalue weighted by molar-refractivity contribution is -0.122. The third kappa shape index (κ3) is 5.78. The number of fused-ring (bicyclic) bond motifs is 1. The molecule has 0 fully saturated rings. The largest absolute Gasteiger partial charge is 0.373 e. The molecule has 0 saturated heterocycles. The zero-order chi connectivity index (χ0) is 21.7. The zero-order valence-electron chi connectivity index (χ0n) is 16.8. The SMILES string of the molecule is CN(C)CCNC(=O)C1CC(NC(=O)Nc2ccccc2)c2c(Cl)cc(Cl)cc2N1. The Bertz CT molecular complexity index is 908. The van der Waals surface area contributed by atoms with Crippen molar-refractivity contribution >= 4 is 46.5 Å². The van der Waals surface area contributed by atoms with Crippen LogP contribution in [0.1, 0.15) is 18.0 Å². The highest BCUT2D eigenvalue weighted by Gasteiger charge is 2.33. The number of rotatable bonds is 6. The summed E-state index contributed by atoms with van der Waals surface area (Å²) >= 11 is 12.6. The van der Waals surface area contributed by atoms with Gasteiger partial charge in [-0.15, -0.1) is 0 Å². The van der Waals surface area contributed by atoms with E-state index < -0.39 is 12.1 Å². The third-order valence-electron chi connectivity index (χ3n) is 4.76. The number of nitrogens with zero attached hydrogens (tertiary/aromatic N) is 1. The number of anilines is 2. The number of para-hydroxylation sites is 1. The summed E-state index contributed by atoms with van der Waals surface area (Å²) in [4.78, 5) is 27.3. The molecule has 4 N–H and O–H groups in total. The number of hydrogen-bond acceptors (Lipinski definition) is 4. The van der Waals surface area contributed by atoms with Crippen molar-refractivity contribution in [1.29, 1.82) is 0 Å². The second kappa shape index (κ2) is 10.0. The van der Waals surface area contributed by atoms with Crippen LogP contribution in [0.5, 0.6) is 0 Å². The zero-order valence-corrected chi connectivity index (χ0v) is 18.3. The van der Waals surface area contributed by atoms with Crippen LogP contribution in [-0.4, -0.2) is 50.1 Å². The van der Waals surface area contributed by atoms with Crippen LogP contribution >= 0.6 is 23.2 Å². The Morgan fingerprint density at radius 3 is 2.60 bits per heavy atom. The first-order valence-electron chi connectivity index (χ1n) is 9.64. The molecule has 2 aromatic carbocycles. The summed E-state index contributed by atoms with van der Waals surface area (Å²) in [5.41, 5.74) is 2.02. The minimum atomic E-state index is -0.531. The van der Waals surface area contributed by atoms with Gasteiger partial charge in [-0.05, 0) is 38.4 Å². The highest BCUT2D eigenvalue weighted by atomic mass is 35.5. The molecule has 0 aromatic heterocycles. The highest BCUT2D eigenvalue weighted by molar-refractivity contribution is 6.35. The topological polar surface area (TPSA) is 85.5 Å². The van der Waals surface area contributed by atoms with E-state index in [1.807, 2.05) is 37.2 Å². The Balaban J connectivity index is 1.76. The maximum absolute atomic E-state index is 12.7. The van der Waals surface area contributed by atoms with Crippen LogP contribution in [0.2, 0.25) is 10.0 Å². The van der Waals surface area contributed by atoms with Gasteiger partial charge < -0.3 is 26.2 Å². The molecular formula is C21H25Cl2N5O2. The molecule has 30 heavy (non-hydrogen) atoms. The smallest absolute Gasteiger partial charge is 0.319 e. The van der Waals surface area contributed by atoms with E-state index in [0.29, 0.717) is 39.9 Å². The standard InChI is InChI=1S/C21H25Cl2N5O2/c1-28(2)9-8-24-20(29)18-12-17(19-15(23)10-13(22)11-16(19)26-18)27-21(30)25-14-6-4-3-5-7-14/h3-7,10-11,17-18,26H,8-9,12H2,1-2H3,(H,24,29)(H2,25,27,30). The number of carbonyl (C=O) groups excluding carboxylic acids is 2. The van der Waals surface area contributed by atoms with Crippen molar-refractivity contribution in [3.8, 4) is 0 Å². The van der Waals surface area contributed by atoms with Gasteiger partial charge in [0.25, 0.3) is 0 Å². The van der Waals surface area contributed by atoms with Gasteiger partial charge in [-0.1, -0.05) is 41.4 Å². The van der Waals surface area contributed by atoms with Crippen LogP contribution in [0.3, 0.4) is 0 Å². The summed E-state index contributed by atoms with van der Waals surface area (Å²) in [7, 11) is 3.88. The molecule has 7 nitrogen and oxygen atoms in total. The Labute approximate surface area is 186 Å². The first-order valence-corrected chi connectivity index (χ1v) is 10.4. The Kier molecular flexibility index (Phi) is 7.42. The fourth-order valence-electron chi connectivity index (χ4n) is 3.34. The Morgan fingerprint density at radius 1 is 1.17 bits per heavy atom. The van der Waals surface area contributed by atoms with E-state index in [1.165, 1.54) is 0 Å². The molecule has 0 saturated carbocycles. The predicted octanol–water partition coefficient (Wildman–Crippen LogP) is 3.72. The molecule has 2 atom stereocenters. The molecule has 0 radical (unpaired) electrons. The van der Waals surface area contributed by atoms with Crippen LogP contribution in [0, 0.1) is 0 Å². The fourth-order valence-corrected chi connectivity index (χ4v) is 3.96. The number of nitrogens with one attached hydrogen (secondary N) is 4. The van der Waals surface area contributed by atoms with Crippen molar-refractivity contribution in [2.75, 3.05) is 37.8 Å². The monoisotopic (exact) mass is 449 g/mol.